The summed E-state index contributed by atoms with van der Waals surface area (Å²) < 4.78 is 0. The molecular formula is C18H15Cl2NO2. The highest BCUT2D eigenvalue weighted by Gasteiger charge is 2.18. The Morgan fingerprint density at radius 3 is 2.48 bits per heavy atom. The summed E-state index contributed by atoms with van der Waals surface area (Å²) in [6.45, 7) is 2.09. The molecule has 0 saturated carbocycles. The van der Waals surface area contributed by atoms with Crippen LogP contribution in [-0.2, 0) is 17.6 Å². The molecule has 0 bridgehead atoms. The Kier molecular flexibility index (Phi) is 4.33. The van der Waals surface area contributed by atoms with Gasteiger partial charge in [-0.15, -0.1) is 0 Å². The normalized spacial score (nSPS) is 11.1. The average Bonchev–Trinajstić information content (AvgIpc) is 2.85. The number of aryl methyl sites for hydroxylation is 1. The fourth-order valence-corrected chi connectivity index (χ4v) is 3.40. The van der Waals surface area contributed by atoms with E-state index in [9.17, 15) is 9.90 Å². The number of H-pyrrole nitrogens is 1. The number of aliphatic carboxylic acids is 1. The van der Waals surface area contributed by atoms with E-state index in [1.54, 1.807) is 12.1 Å². The standard InChI is InChI=1S/C18H15Cl2NO2/c1-2-10-3-5-11(6-4-10)18-13(9-16(22)23)17-14(20)7-12(19)8-15(17)21-18/h3-8,21H,2,9H2,1H3,(H,22,23). The van der Waals surface area contributed by atoms with Crippen LogP contribution in [-0.4, -0.2) is 16.1 Å². The number of nitrogens with one attached hydrogen (secondary N) is 1. The predicted octanol–water partition coefficient (Wildman–Crippen LogP) is 5.33. The lowest BCUT2D eigenvalue weighted by Gasteiger charge is -2.05. The molecule has 0 saturated heterocycles. The first-order chi connectivity index (χ1) is 11.0. The minimum absolute atomic E-state index is 0.105. The molecule has 0 aliphatic heterocycles. The predicted molar refractivity (Wildman–Crippen MR) is 94.5 cm³/mol. The van der Waals surface area contributed by atoms with Crippen molar-refractivity contribution in [1.82, 2.24) is 4.98 Å². The summed E-state index contributed by atoms with van der Waals surface area (Å²) in [7, 11) is 0. The van der Waals surface area contributed by atoms with E-state index in [1.807, 2.05) is 24.3 Å². The molecule has 5 heteroatoms. The number of hydrogen-bond donors (Lipinski definition) is 2. The minimum atomic E-state index is -0.900. The molecule has 2 aromatic carbocycles. The van der Waals surface area contributed by atoms with Gasteiger partial charge in [0.05, 0.1) is 17.1 Å². The number of hydrogen-bond acceptors (Lipinski definition) is 1. The van der Waals surface area contributed by atoms with E-state index >= 15 is 0 Å². The van der Waals surface area contributed by atoms with E-state index < -0.39 is 5.97 Å². The zero-order valence-corrected chi connectivity index (χ0v) is 14.0. The molecule has 23 heavy (non-hydrogen) atoms. The average molecular weight is 348 g/mol. The highest BCUT2D eigenvalue weighted by Crippen LogP contribution is 2.37. The molecule has 0 amide bonds. The SMILES string of the molecule is CCc1ccc(-c2[nH]c3cc(Cl)cc(Cl)c3c2CC(=O)O)cc1. The fraction of sp³-hybridized carbons (Fsp3) is 0.167. The summed E-state index contributed by atoms with van der Waals surface area (Å²) in [5.41, 5.74) is 4.36. The van der Waals surface area contributed by atoms with E-state index in [0.29, 0.717) is 21.0 Å². The van der Waals surface area contributed by atoms with Crippen molar-refractivity contribution >= 4 is 40.1 Å². The Balaban J connectivity index is 2.25. The van der Waals surface area contributed by atoms with Crippen LogP contribution in [0, 0.1) is 0 Å². The molecule has 0 unspecified atom stereocenters. The molecule has 3 nitrogen and oxygen atoms in total. The Labute approximate surface area is 143 Å². The van der Waals surface area contributed by atoms with E-state index in [2.05, 4.69) is 11.9 Å². The largest absolute Gasteiger partial charge is 0.481 e. The van der Waals surface area contributed by atoms with Crippen LogP contribution >= 0.6 is 23.2 Å². The molecule has 3 aromatic rings. The molecule has 0 aliphatic carbocycles. The monoisotopic (exact) mass is 347 g/mol. The van der Waals surface area contributed by atoms with Gasteiger partial charge in [0, 0.05) is 15.9 Å². The molecule has 0 radical (unpaired) electrons. The Hall–Kier alpha value is -1.97. The summed E-state index contributed by atoms with van der Waals surface area (Å²) >= 11 is 12.4. The number of halogens is 2. The zero-order chi connectivity index (χ0) is 16.6. The maximum atomic E-state index is 11.3. The fourth-order valence-electron chi connectivity index (χ4n) is 2.80. The first-order valence-corrected chi connectivity index (χ1v) is 8.06. The van der Waals surface area contributed by atoms with Crippen molar-refractivity contribution in [3.05, 3.63) is 57.6 Å². The molecule has 0 aliphatic rings. The van der Waals surface area contributed by atoms with Crippen molar-refractivity contribution in [1.29, 1.82) is 0 Å². The van der Waals surface area contributed by atoms with Crippen LogP contribution in [0.5, 0.6) is 0 Å². The van der Waals surface area contributed by atoms with Crippen molar-refractivity contribution in [3.63, 3.8) is 0 Å². The second-order valence-corrected chi connectivity index (χ2v) is 6.25. The molecule has 118 valence electrons. The quantitative estimate of drug-likeness (QED) is 0.669. The summed E-state index contributed by atoms with van der Waals surface area (Å²) in [4.78, 5) is 14.6. The van der Waals surface area contributed by atoms with E-state index in [-0.39, 0.29) is 6.42 Å². The van der Waals surface area contributed by atoms with Crippen molar-refractivity contribution in [2.24, 2.45) is 0 Å². The third kappa shape index (κ3) is 3.07. The first kappa shape index (κ1) is 15.9. The van der Waals surface area contributed by atoms with Crippen molar-refractivity contribution in [3.8, 4) is 11.3 Å². The number of rotatable bonds is 4. The van der Waals surface area contributed by atoms with Gasteiger partial charge in [0.1, 0.15) is 0 Å². The summed E-state index contributed by atoms with van der Waals surface area (Å²) in [5, 5.41) is 10.9. The van der Waals surface area contributed by atoms with Gasteiger partial charge in [0.25, 0.3) is 0 Å². The van der Waals surface area contributed by atoms with E-state index in [1.165, 1.54) is 5.56 Å². The molecular weight excluding hydrogens is 333 g/mol. The maximum absolute atomic E-state index is 11.3. The molecule has 0 atom stereocenters. The van der Waals surface area contributed by atoms with Gasteiger partial charge in [-0.1, -0.05) is 54.4 Å². The zero-order valence-electron chi connectivity index (χ0n) is 12.5. The summed E-state index contributed by atoms with van der Waals surface area (Å²) in [6.07, 6.45) is 0.850. The topological polar surface area (TPSA) is 53.1 Å². The van der Waals surface area contributed by atoms with Crippen LogP contribution in [0.4, 0.5) is 0 Å². The van der Waals surface area contributed by atoms with Gasteiger partial charge in [-0.05, 0) is 35.2 Å². The number of benzene rings is 2. The van der Waals surface area contributed by atoms with Crippen molar-refractivity contribution < 1.29 is 9.90 Å². The third-order valence-electron chi connectivity index (χ3n) is 3.90. The van der Waals surface area contributed by atoms with Crippen molar-refractivity contribution in [2.75, 3.05) is 0 Å². The van der Waals surface area contributed by atoms with Gasteiger partial charge in [-0.3, -0.25) is 4.79 Å². The molecule has 2 N–H and O–H groups in total. The van der Waals surface area contributed by atoms with Gasteiger partial charge in [-0.25, -0.2) is 0 Å². The van der Waals surface area contributed by atoms with E-state index in [4.69, 9.17) is 23.2 Å². The molecule has 0 spiro atoms. The van der Waals surface area contributed by atoms with Crippen LogP contribution in [0.2, 0.25) is 10.0 Å². The van der Waals surface area contributed by atoms with Crippen molar-refractivity contribution in [2.45, 2.75) is 19.8 Å². The van der Waals surface area contributed by atoms with Crippen LogP contribution in [0.25, 0.3) is 22.2 Å². The molecule has 0 fully saturated rings. The maximum Gasteiger partial charge on any atom is 0.307 e. The number of carboxylic acid groups (broad SMARTS) is 1. The number of aromatic amines is 1. The second kappa shape index (κ2) is 6.26. The first-order valence-electron chi connectivity index (χ1n) is 7.30. The number of carboxylic acids is 1. The second-order valence-electron chi connectivity index (χ2n) is 5.41. The van der Waals surface area contributed by atoms with Crippen LogP contribution in [0.1, 0.15) is 18.1 Å². The highest BCUT2D eigenvalue weighted by atomic mass is 35.5. The lowest BCUT2D eigenvalue weighted by molar-refractivity contribution is -0.136. The van der Waals surface area contributed by atoms with E-state index in [0.717, 1.165) is 23.2 Å². The number of fused-ring (bicyclic) bond motifs is 1. The Bertz CT molecular complexity index is 882. The third-order valence-corrected chi connectivity index (χ3v) is 4.41. The molecule has 3 rings (SSSR count). The molecule has 1 aromatic heterocycles. The number of aromatic nitrogens is 1. The van der Waals surface area contributed by atoms with Gasteiger partial charge >= 0.3 is 5.97 Å². The smallest absolute Gasteiger partial charge is 0.307 e. The lowest BCUT2D eigenvalue weighted by Crippen LogP contribution is -2.01. The summed E-state index contributed by atoms with van der Waals surface area (Å²) in [6, 6.07) is 11.5. The minimum Gasteiger partial charge on any atom is -0.481 e. The lowest BCUT2D eigenvalue weighted by atomic mass is 10.0. The van der Waals surface area contributed by atoms with Gasteiger partial charge < -0.3 is 10.1 Å². The Morgan fingerprint density at radius 1 is 1.17 bits per heavy atom. The van der Waals surface area contributed by atoms with Gasteiger partial charge in [-0.2, -0.15) is 0 Å². The summed E-state index contributed by atoms with van der Waals surface area (Å²) in [5.74, 6) is -0.900. The highest BCUT2D eigenvalue weighted by molar-refractivity contribution is 6.39. The number of carbonyl (C=O) groups is 1. The molecule has 1 heterocycles. The Morgan fingerprint density at radius 2 is 1.87 bits per heavy atom. The van der Waals surface area contributed by atoms with Crippen LogP contribution < -0.4 is 0 Å². The van der Waals surface area contributed by atoms with Gasteiger partial charge in [0.15, 0.2) is 0 Å². The van der Waals surface area contributed by atoms with Gasteiger partial charge in [0.2, 0.25) is 0 Å². The van der Waals surface area contributed by atoms with Crippen LogP contribution in [0.15, 0.2) is 36.4 Å². The van der Waals surface area contributed by atoms with Crippen LogP contribution in [0.3, 0.4) is 0 Å².